The highest BCUT2D eigenvalue weighted by Crippen LogP contribution is 2.19. The van der Waals surface area contributed by atoms with Crippen LogP contribution in [0.2, 0.25) is 0 Å². The van der Waals surface area contributed by atoms with E-state index in [0.29, 0.717) is 16.8 Å². The van der Waals surface area contributed by atoms with Gasteiger partial charge < -0.3 is 10.6 Å². The summed E-state index contributed by atoms with van der Waals surface area (Å²) in [6, 6.07) is 22.1. The van der Waals surface area contributed by atoms with E-state index < -0.39 is 0 Å². The Balaban J connectivity index is 1.69. The second kappa shape index (κ2) is 8.53. The first kappa shape index (κ1) is 19.4. The van der Waals surface area contributed by atoms with E-state index in [1.165, 1.54) is 0 Å². The van der Waals surface area contributed by atoms with Crippen molar-refractivity contribution in [3.63, 3.8) is 0 Å². The van der Waals surface area contributed by atoms with Gasteiger partial charge in [-0.25, -0.2) is 0 Å². The smallest absolute Gasteiger partial charge is 0.255 e. The van der Waals surface area contributed by atoms with Crippen molar-refractivity contribution in [1.82, 2.24) is 5.32 Å². The fraction of sp³-hybridized carbons (Fsp3) is 0.167. The summed E-state index contributed by atoms with van der Waals surface area (Å²) in [4.78, 5) is 24.9. The minimum absolute atomic E-state index is 0.116. The molecule has 28 heavy (non-hydrogen) atoms. The van der Waals surface area contributed by atoms with Crippen molar-refractivity contribution >= 4 is 17.5 Å². The van der Waals surface area contributed by atoms with Gasteiger partial charge in [0.25, 0.3) is 11.8 Å². The minimum atomic E-state index is -0.192. The van der Waals surface area contributed by atoms with Crippen LogP contribution in [0.1, 0.15) is 50.4 Å². The topological polar surface area (TPSA) is 58.2 Å². The lowest BCUT2D eigenvalue weighted by molar-refractivity contribution is 0.0939. The molecule has 0 spiro atoms. The Kier molecular flexibility index (Phi) is 5.90. The molecule has 0 aliphatic carbocycles. The van der Waals surface area contributed by atoms with Crippen LogP contribution >= 0.6 is 0 Å². The highest BCUT2D eigenvalue weighted by atomic mass is 16.2. The van der Waals surface area contributed by atoms with E-state index >= 15 is 0 Å². The van der Waals surface area contributed by atoms with Crippen molar-refractivity contribution < 1.29 is 9.59 Å². The number of carbonyl (C=O) groups is 2. The Bertz CT molecular complexity index is 996. The lowest BCUT2D eigenvalue weighted by Gasteiger charge is -2.16. The number of nitrogens with one attached hydrogen (secondary N) is 2. The largest absolute Gasteiger partial charge is 0.346 e. The van der Waals surface area contributed by atoms with Crippen molar-refractivity contribution in [3.8, 4) is 0 Å². The molecule has 2 N–H and O–H groups in total. The van der Waals surface area contributed by atoms with Gasteiger partial charge >= 0.3 is 0 Å². The van der Waals surface area contributed by atoms with Crippen LogP contribution < -0.4 is 10.6 Å². The number of anilines is 1. The molecule has 4 nitrogen and oxygen atoms in total. The number of rotatable bonds is 5. The van der Waals surface area contributed by atoms with E-state index in [2.05, 4.69) is 10.6 Å². The first-order valence-electron chi connectivity index (χ1n) is 9.28. The Morgan fingerprint density at radius 3 is 2.21 bits per heavy atom. The standard InChI is InChI=1S/C24H24N2O2/c1-16-12-13-21(14-17(16)2)24(28)25-18(3)20-10-7-11-22(15-20)26-23(27)19-8-5-4-6-9-19/h4-15,18H,1-3H3,(H,25,28)(H,26,27). The minimum Gasteiger partial charge on any atom is -0.346 e. The third kappa shape index (κ3) is 4.65. The van der Waals surface area contributed by atoms with Gasteiger partial charge in [-0.2, -0.15) is 0 Å². The maximum atomic E-state index is 12.6. The van der Waals surface area contributed by atoms with E-state index in [1.54, 1.807) is 12.1 Å². The Morgan fingerprint density at radius 1 is 0.750 bits per heavy atom. The van der Waals surface area contributed by atoms with Crippen LogP contribution in [0.5, 0.6) is 0 Å². The normalized spacial score (nSPS) is 11.5. The van der Waals surface area contributed by atoms with Gasteiger partial charge in [0.2, 0.25) is 0 Å². The van der Waals surface area contributed by atoms with Crippen LogP contribution in [0.3, 0.4) is 0 Å². The van der Waals surface area contributed by atoms with E-state index in [-0.39, 0.29) is 17.9 Å². The maximum absolute atomic E-state index is 12.6. The Morgan fingerprint density at radius 2 is 1.50 bits per heavy atom. The van der Waals surface area contributed by atoms with E-state index in [1.807, 2.05) is 81.4 Å². The van der Waals surface area contributed by atoms with Crippen LogP contribution in [-0.2, 0) is 0 Å². The molecule has 0 aromatic heterocycles. The quantitative estimate of drug-likeness (QED) is 0.659. The first-order chi connectivity index (χ1) is 13.4. The maximum Gasteiger partial charge on any atom is 0.255 e. The summed E-state index contributed by atoms with van der Waals surface area (Å²) in [7, 11) is 0. The molecule has 0 aliphatic heterocycles. The first-order valence-corrected chi connectivity index (χ1v) is 9.28. The zero-order valence-corrected chi connectivity index (χ0v) is 16.3. The molecule has 142 valence electrons. The van der Waals surface area contributed by atoms with Gasteiger partial charge in [0.1, 0.15) is 0 Å². The number of hydrogen-bond acceptors (Lipinski definition) is 2. The molecule has 4 heteroatoms. The zero-order chi connectivity index (χ0) is 20.1. The summed E-state index contributed by atoms with van der Waals surface area (Å²) in [5.41, 5.74) is 5.10. The van der Waals surface area contributed by atoms with Gasteiger partial charge in [-0.1, -0.05) is 36.4 Å². The summed E-state index contributed by atoms with van der Waals surface area (Å²) in [5.74, 6) is -0.279. The molecule has 3 aromatic rings. The third-order valence-electron chi connectivity index (χ3n) is 4.80. The van der Waals surface area contributed by atoms with Crippen molar-refractivity contribution in [1.29, 1.82) is 0 Å². The SMILES string of the molecule is Cc1ccc(C(=O)NC(C)c2cccc(NC(=O)c3ccccc3)c2)cc1C. The van der Waals surface area contributed by atoms with E-state index in [4.69, 9.17) is 0 Å². The van der Waals surface area contributed by atoms with Gasteiger partial charge in [-0.05, 0) is 73.9 Å². The molecule has 3 rings (SSSR count). The van der Waals surface area contributed by atoms with Crippen LogP contribution in [0.4, 0.5) is 5.69 Å². The number of aryl methyl sites for hydroxylation is 2. The molecule has 1 unspecified atom stereocenters. The second-order valence-corrected chi connectivity index (χ2v) is 6.94. The summed E-state index contributed by atoms with van der Waals surface area (Å²) in [6.45, 7) is 5.94. The lowest BCUT2D eigenvalue weighted by Crippen LogP contribution is -2.26. The molecule has 0 radical (unpaired) electrons. The summed E-state index contributed by atoms with van der Waals surface area (Å²) in [5, 5.41) is 5.92. The van der Waals surface area contributed by atoms with Crippen LogP contribution in [0.25, 0.3) is 0 Å². The highest BCUT2D eigenvalue weighted by Gasteiger charge is 2.13. The molecule has 0 fully saturated rings. The third-order valence-corrected chi connectivity index (χ3v) is 4.80. The fourth-order valence-electron chi connectivity index (χ4n) is 2.92. The van der Waals surface area contributed by atoms with Gasteiger partial charge in [0.15, 0.2) is 0 Å². The Hall–Kier alpha value is -3.40. The molecule has 0 saturated heterocycles. The number of carbonyl (C=O) groups excluding carboxylic acids is 2. The average molecular weight is 372 g/mol. The molecule has 1 atom stereocenters. The predicted octanol–water partition coefficient (Wildman–Crippen LogP) is 5.05. The number of benzene rings is 3. The molecule has 0 aliphatic rings. The van der Waals surface area contributed by atoms with Crippen molar-refractivity contribution in [3.05, 3.63) is 101 Å². The predicted molar refractivity (Wildman–Crippen MR) is 113 cm³/mol. The van der Waals surface area contributed by atoms with Crippen LogP contribution in [0.15, 0.2) is 72.8 Å². The van der Waals surface area contributed by atoms with E-state index in [9.17, 15) is 9.59 Å². The number of hydrogen-bond donors (Lipinski definition) is 2. The van der Waals surface area contributed by atoms with E-state index in [0.717, 1.165) is 16.7 Å². The van der Waals surface area contributed by atoms with Crippen molar-refractivity contribution in [2.24, 2.45) is 0 Å². The van der Waals surface area contributed by atoms with Crippen LogP contribution in [0, 0.1) is 13.8 Å². The fourth-order valence-corrected chi connectivity index (χ4v) is 2.92. The number of amides is 2. The zero-order valence-electron chi connectivity index (χ0n) is 16.3. The monoisotopic (exact) mass is 372 g/mol. The Labute approximate surface area is 165 Å². The molecule has 0 bridgehead atoms. The molecule has 3 aromatic carbocycles. The molecule has 0 saturated carbocycles. The molecule has 0 heterocycles. The van der Waals surface area contributed by atoms with Gasteiger partial charge in [0, 0.05) is 16.8 Å². The second-order valence-electron chi connectivity index (χ2n) is 6.94. The van der Waals surface area contributed by atoms with Crippen LogP contribution in [-0.4, -0.2) is 11.8 Å². The average Bonchev–Trinajstić information content (AvgIpc) is 2.70. The summed E-state index contributed by atoms with van der Waals surface area (Å²) in [6.07, 6.45) is 0. The van der Waals surface area contributed by atoms with Crippen molar-refractivity contribution in [2.75, 3.05) is 5.32 Å². The van der Waals surface area contributed by atoms with Gasteiger partial charge in [0.05, 0.1) is 6.04 Å². The molecular formula is C24H24N2O2. The van der Waals surface area contributed by atoms with Gasteiger partial charge in [-0.15, -0.1) is 0 Å². The highest BCUT2D eigenvalue weighted by molar-refractivity contribution is 6.04. The molecule has 2 amide bonds. The summed E-state index contributed by atoms with van der Waals surface area (Å²) >= 11 is 0. The summed E-state index contributed by atoms with van der Waals surface area (Å²) < 4.78 is 0. The van der Waals surface area contributed by atoms with Gasteiger partial charge in [-0.3, -0.25) is 9.59 Å². The lowest BCUT2D eigenvalue weighted by atomic mass is 10.0. The van der Waals surface area contributed by atoms with Crippen molar-refractivity contribution in [2.45, 2.75) is 26.8 Å². The molecular weight excluding hydrogens is 348 g/mol.